The number of halogens is 1. The summed E-state index contributed by atoms with van der Waals surface area (Å²) < 4.78 is 0. The fourth-order valence-corrected chi connectivity index (χ4v) is 13.5. The van der Waals surface area contributed by atoms with Crippen LogP contribution in [0.4, 0.5) is 0 Å². The van der Waals surface area contributed by atoms with Crippen molar-refractivity contribution in [3.05, 3.63) is 34.9 Å². The molecule has 588 valence electrons. The van der Waals surface area contributed by atoms with Crippen molar-refractivity contribution in [2.24, 2.45) is 41.4 Å². The molecule has 2 saturated heterocycles. The van der Waals surface area contributed by atoms with E-state index in [1.54, 1.807) is 77.6 Å². The molecule has 2 fully saturated rings. The molecule has 15 atom stereocenters. The minimum Gasteiger partial charge on any atom is -0.391 e. The first-order valence-corrected chi connectivity index (χ1v) is 37.8. The minimum atomic E-state index is -1.84. The number of piperidine rings is 1. The van der Waals surface area contributed by atoms with Gasteiger partial charge in [0.05, 0.1) is 12.5 Å². The highest BCUT2D eigenvalue weighted by Crippen LogP contribution is 2.26. The van der Waals surface area contributed by atoms with Crippen LogP contribution in [0.1, 0.15) is 187 Å². The third-order valence-electron chi connectivity index (χ3n) is 20.8. The van der Waals surface area contributed by atoms with Gasteiger partial charge >= 0.3 is 0 Å². The number of aliphatic hydroxyl groups is 1. The van der Waals surface area contributed by atoms with Gasteiger partial charge in [-0.2, -0.15) is 0 Å². The van der Waals surface area contributed by atoms with Crippen LogP contribution in [-0.2, 0) is 68.7 Å². The first-order chi connectivity index (χ1) is 48.4. The van der Waals surface area contributed by atoms with Crippen molar-refractivity contribution in [3.8, 4) is 0 Å². The van der Waals surface area contributed by atoms with E-state index in [2.05, 4.69) is 26.6 Å². The number of benzene rings is 1. The maximum Gasteiger partial charge on any atom is 0.248 e. The van der Waals surface area contributed by atoms with Gasteiger partial charge in [0, 0.05) is 73.9 Å². The van der Waals surface area contributed by atoms with E-state index in [0.717, 1.165) is 34.0 Å². The van der Waals surface area contributed by atoms with Crippen LogP contribution in [0.3, 0.4) is 0 Å². The smallest absolute Gasteiger partial charge is 0.248 e. The third kappa shape index (κ3) is 24.8. The van der Waals surface area contributed by atoms with Crippen LogP contribution in [0.15, 0.2) is 24.3 Å². The molecular weight excluding hydrogens is 1350 g/mol. The molecule has 28 heteroatoms. The van der Waals surface area contributed by atoms with Crippen molar-refractivity contribution in [2.45, 2.75) is 267 Å². The zero-order valence-electron chi connectivity index (χ0n) is 66.8. The number of aliphatic hydroxyl groups excluding tert-OH is 1. The maximum atomic E-state index is 15.6. The number of hydrogen-bond donors (Lipinski definition) is 6. The monoisotopic (exact) mass is 1480 g/mol. The summed E-state index contributed by atoms with van der Waals surface area (Å²) in [5.74, 6) is -11.9. The molecule has 0 spiro atoms. The maximum absolute atomic E-state index is 15.6. The molecule has 1 aromatic carbocycles. The number of nitrogens with one attached hydrogen (secondary N) is 5. The largest absolute Gasteiger partial charge is 0.391 e. The van der Waals surface area contributed by atoms with Crippen LogP contribution in [-0.4, -0.2) is 262 Å². The molecule has 13 amide bonds. The summed E-state index contributed by atoms with van der Waals surface area (Å²) in [4.78, 5) is 203. The fourth-order valence-electron chi connectivity index (χ4n) is 13.3. The molecule has 1 aromatic rings. The van der Waals surface area contributed by atoms with Gasteiger partial charge in [0.15, 0.2) is 0 Å². The summed E-state index contributed by atoms with van der Waals surface area (Å²) in [6.07, 6.45) is 1.35. The number of likely N-dealkylation sites (tertiary alicyclic amines) is 1. The van der Waals surface area contributed by atoms with Crippen LogP contribution in [0, 0.1) is 41.4 Å². The Morgan fingerprint density at radius 3 is 1.52 bits per heavy atom. The van der Waals surface area contributed by atoms with Gasteiger partial charge in [0.2, 0.25) is 76.8 Å². The van der Waals surface area contributed by atoms with Gasteiger partial charge in [-0.15, -0.1) is 0 Å². The summed E-state index contributed by atoms with van der Waals surface area (Å²) in [7, 11) is 9.65. The van der Waals surface area contributed by atoms with Crippen LogP contribution in [0.25, 0.3) is 0 Å². The lowest BCUT2D eigenvalue weighted by Gasteiger charge is -2.39. The summed E-state index contributed by atoms with van der Waals surface area (Å²) in [5, 5.41) is 25.8. The second-order valence-corrected chi connectivity index (χ2v) is 31.8. The van der Waals surface area contributed by atoms with Gasteiger partial charge < -0.3 is 70.9 Å². The molecule has 0 aromatic heterocycles. The van der Waals surface area contributed by atoms with Crippen molar-refractivity contribution in [2.75, 3.05) is 62.4 Å². The van der Waals surface area contributed by atoms with Gasteiger partial charge in [0.1, 0.15) is 72.5 Å². The van der Waals surface area contributed by atoms with E-state index in [-0.39, 0.29) is 67.6 Å². The summed E-state index contributed by atoms with van der Waals surface area (Å²) in [6, 6.07) is -9.36. The van der Waals surface area contributed by atoms with E-state index in [1.165, 1.54) is 89.7 Å². The minimum absolute atomic E-state index is 0.0238. The topological polar surface area (TPSA) is 328 Å². The lowest BCUT2D eigenvalue weighted by Crippen LogP contribution is -2.63. The van der Waals surface area contributed by atoms with Crippen LogP contribution >= 0.6 is 11.6 Å². The average Bonchev–Trinajstić information content (AvgIpc) is 0.811. The fraction of sp³-hybridized carbons (Fsp3) is 0.750. The van der Waals surface area contributed by atoms with Crippen LogP contribution < -0.4 is 26.6 Å². The van der Waals surface area contributed by atoms with E-state index in [1.807, 2.05) is 48.5 Å². The first kappa shape index (κ1) is 90.8. The molecule has 0 unspecified atom stereocenters. The Bertz CT molecular complexity index is 3120. The Kier molecular flexibility index (Phi) is 36.2. The highest BCUT2D eigenvalue weighted by atomic mass is 35.5. The standard InChI is InChI=1S/C76H128ClN13O14/c1-25-47(13)62(74(102)84(19)49(15)69(97)85(20)56(36-43(5)6)66(94)81-63(48(14)26-2)76(104)90-33-28-27-29-34-90)80-67(95)57(37-44(7)8)86(21)71(99)54-41-60(92)79-61(46(11)12)73(101)83(18)50(16)70(98)89(24)59(40-52-31-30-32-53(77)39-52)72(100)87(22)58(38-45(9)10)68(96)82-64(51(17)91)75(103)88(23)55(35-42(3)4)65(93)78-54/h30-32,39,42-51,54-59,61-64,91H,25-29,33-38,40-41H2,1-24H3,(H,78,93)(H,79,92)(H,80,95)(H,81,94)(H,82,96)/t47-,48-,49-,50-,51+,54-,55-,56-,57-,58-,59-,61+,62-,63-,64-/m0/s1. The normalized spacial score (nSPS) is 22.9. The molecule has 104 heavy (non-hydrogen) atoms. The number of amides is 13. The molecule has 2 aliphatic heterocycles. The molecule has 0 radical (unpaired) electrons. The summed E-state index contributed by atoms with van der Waals surface area (Å²) in [5.41, 5.74) is 0.557. The number of carbonyl (C=O) groups is 13. The van der Waals surface area contributed by atoms with E-state index in [9.17, 15) is 43.5 Å². The predicted octanol–water partition coefficient (Wildman–Crippen LogP) is 4.86. The zero-order chi connectivity index (χ0) is 79.4. The number of rotatable bonds is 27. The second kappa shape index (κ2) is 41.5. The van der Waals surface area contributed by atoms with Crippen molar-refractivity contribution >= 4 is 88.4 Å². The van der Waals surface area contributed by atoms with Crippen LogP contribution in [0.5, 0.6) is 0 Å². The predicted molar refractivity (Wildman–Crippen MR) is 400 cm³/mol. The quantitative estimate of drug-likeness (QED) is 0.0685. The zero-order valence-corrected chi connectivity index (χ0v) is 67.5. The van der Waals surface area contributed by atoms with Gasteiger partial charge in [-0.05, 0) is 125 Å². The summed E-state index contributed by atoms with van der Waals surface area (Å²) >= 11 is 6.43. The van der Waals surface area contributed by atoms with Crippen molar-refractivity contribution in [1.82, 2.24) is 65.8 Å². The molecule has 27 nitrogen and oxygen atoms in total. The molecule has 6 N–H and O–H groups in total. The van der Waals surface area contributed by atoms with Crippen molar-refractivity contribution in [1.29, 1.82) is 0 Å². The molecular formula is C76H128ClN13O14. The lowest BCUT2D eigenvalue weighted by molar-refractivity contribution is -0.153. The highest BCUT2D eigenvalue weighted by Gasteiger charge is 2.45. The van der Waals surface area contributed by atoms with Gasteiger partial charge in [-0.3, -0.25) is 62.3 Å². The summed E-state index contributed by atoms with van der Waals surface area (Å²) in [6.45, 7) is 30.8. The molecule has 3 rings (SSSR count). The Balaban J connectivity index is 2.22. The number of carbonyl (C=O) groups excluding carboxylic acids is 13. The number of nitrogens with zero attached hydrogens (tertiary/aromatic N) is 8. The van der Waals surface area contributed by atoms with Crippen molar-refractivity contribution < 1.29 is 67.4 Å². The Morgan fingerprint density at radius 2 is 1.04 bits per heavy atom. The van der Waals surface area contributed by atoms with E-state index >= 15 is 24.0 Å². The Hall–Kier alpha value is -7.42. The van der Waals surface area contributed by atoms with Crippen LogP contribution in [0.2, 0.25) is 5.02 Å². The molecule has 2 heterocycles. The molecule has 0 aliphatic carbocycles. The molecule has 0 saturated carbocycles. The first-order valence-electron chi connectivity index (χ1n) is 37.5. The highest BCUT2D eigenvalue weighted by molar-refractivity contribution is 6.30. The third-order valence-corrected chi connectivity index (χ3v) is 21.0. The van der Waals surface area contributed by atoms with Gasteiger partial charge in [-0.1, -0.05) is 134 Å². The number of hydrogen-bond acceptors (Lipinski definition) is 14. The molecule has 2 aliphatic rings. The number of likely N-dealkylation sites (N-methyl/N-ethyl adjacent to an activating group) is 7. The SMILES string of the molecule is CC[C@H](C)[C@H](NC(=O)[C@H](CC(C)C)N(C)C(=O)[C@H](C)N(C)C(=O)[C@@H](NC(=O)[C@H](CC(C)C)N(C)C(=O)[C@@H]1CC(=O)N[C@H](C(C)C)C(=O)N(C)[C@@H](C)C(=O)N(C)[C@@H](Cc2cccc(Cl)c2)C(=O)N(C)[C@@H](CC(C)C)C(=O)N[C@@H]([C@@H](C)O)C(=O)N(C)[C@@H](CC(C)C)C(=O)N1)[C@@H](C)CC)C(=O)N1CCCCC1. The Morgan fingerprint density at radius 1 is 0.567 bits per heavy atom. The van der Waals surface area contributed by atoms with Gasteiger partial charge in [-0.25, -0.2) is 0 Å². The second-order valence-electron chi connectivity index (χ2n) is 31.3. The van der Waals surface area contributed by atoms with Crippen molar-refractivity contribution in [3.63, 3.8) is 0 Å². The molecule has 0 bridgehead atoms. The van der Waals surface area contributed by atoms with E-state index in [0.29, 0.717) is 36.5 Å². The van der Waals surface area contributed by atoms with Gasteiger partial charge in [0.25, 0.3) is 0 Å². The Labute approximate surface area is 624 Å². The van der Waals surface area contributed by atoms with E-state index < -0.39 is 168 Å². The lowest BCUT2D eigenvalue weighted by atomic mass is 9.94. The average molecular weight is 1480 g/mol. The van der Waals surface area contributed by atoms with E-state index in [4.69, 9.17) is 11.6 Å².